The van der Waals surface area contributed by atoms with Crippen molar-refractivity contribution < 1.29 is 9.53 Å². The van der Waals surface area contributed by atoms with Crippen LogP contribution in [-0.2, 0) is 11.3 Å². The highest BCUT2D eigenvalue weighted by Gasteiger charge is 2.15. The van der Waals surface area contributed by atoms with E-state index in [4.69, 9.17) is 9.72 Å². The van der Waals surface area contributed by atoms with Gasteiger partial charge in [0.25, 0.3) is 0 Å². The van der Waals surface area contributed by atoms with Crippen molar-refractivity contribution in [2.75, 3.05) is 5.32 Å². The van der Waals surface area contributed by atoms with Crippen LogP contribution in [0.5, 0.6) is 5.75 Å². The van der Waals surface area contributed by atoms with Gasteiger partial charge in [0.15, 0.2) is 0 Å². The number of aromatic nitrogens is 2. The number of hydrogen-bond acceptors (Lipinski definition) is 4. The van der Waals surface area contributed by atoms with E-state index in [0.717, 1.165) is 40.0 Å². The van der Waals surface area contributed by atoms with E-state index in [-0.39, 0.29) is 5.97 Å². The highest BCUT2D eigenvalue weighted by atomic mass is 79.9. The second-order valence-electron chi connectivity index (χ2n) is 10.5. The summed E-state index contributed by atoms with van der Waals surface area (Å²) in [6, 6.07) is 21.9. The van der Waals surface area contributed by atoms with Crippen molar-refractivity contribution in [1.82, 2.24) is 9.38 Å². The molecule has 0 radical (unpaired) electrons. The van der Waals surface area contributed by atoms with Crippen molar-refractivity contribution >= 4 is 33.4 Å². The first-order valence-corrected chi connectivity index (χ1v) is 15.7. The lowest BCUT2D eigenvalue weighted by molar-refractivity contribution is -0.134. The summed E-state index contributed by atoms with van der Waals surface area (Å²) in [5.41, 5.74) is 3.86. The lowest BCUT2D eigenvalue weighted by atomic mass is 10.1. The smallest absolute Gasteiger partial charge is 0.311 e. The second kappa shape index (κ2) is 16.2. The molecule has 0 saturated carbocycles. The van der Waals surface area contributed by atoms with E-state index in [9.17, 15) is 4.79 Å². The number of pyridine rings is 1. The number of ether oxygens (including phenoxy) is 1. The molecule has 0 saturated heterocycles. The maximum absolute atomic E-state index is 12.4. The average Bonchev–Trinajstić information content (AvgIpc) is 3.33. The Balaban J connectivity index is 1.27. The SMILES string of the molecule is CCCCCCCCCCCCCC(=O)Oc1ccc(-c2nc3ccc(Br)cn3c2NCc2ccccc2)cc1. The van der Waals surface area contributed by atoms with Crippen molar-refractivity contribution in [3.63, 3.8) is 0 Å². The molecule has 0 aliphatic carbocycles. The molecular weight excluding hydrogens is 562 g/mol. The van der Waals surface area contributed by atoms with E-state index in [0.29, 0.717) is 18.7 Å². The zero-order chi connectivity index (χ0) is 28.0. The molecule has 0 spiro atoms. The van der Waals surface area contributed by atoms with Crippen LogP contribution in [0.15, 0.2) is 77.4 Å². The number of fused-ring (bicyclic) bond motifs is 1. The van der Waals surface area contributed by atoms with E-state index in [1.807, 2.05) is 60.8 Å². The van der Waals surface area contributed by atoms with Crippen LogP contribution in [0, 0.1) is 0 Å². The van der Waals surface area contributed by atoms with Gasteiger partial charge in [0.2, 0.25) is 0 Å². The molecule has 4 rings (SSSR count). The van der Waals surface area contributed by atoms with Gasteiger partial charge >= 0.3 is 5.97 Å². The van der Waals surface area contributed by atoms with Gasteiger partial charge in [-0.3, -0.25) is 9.20 Å². The summed E-state index contributed by atoms with van der Waals surface area (Å²) in [5, 5.41) is 3.57. The monoisotopic (exact) mass is 603 g/mol. The number of imidazole rings is 1. The third-order valence-corrected chi connectivity index (χ3v) is 7.70. The molecule has 0 aliphatic heterocycles. The Kier molecular flexibility index (Phi) is 12.1. The second-order valence-corrected chi connectivity index (χ2v) is 11.4. The van der Waals surface area contributed by atoms with Crippen molar-refractivity contribution in [2.24, 2.45) is 0 Å². The molecule has 0 bridgehead atoms. The van der Waals surface area contributed by atoms with E-state index >= 15 is 0 Å². The molecule has 6 heteroatoms. The Morgan fingerprint density at radius 3 is 2.15 bits per heavy atom. The number of esters is 1. The molecule has 2 aromatic heterocycles. The Morgan fingerprint density at radius 1 is 0.825 bits per heavy atom. The minimum atomic E-state index is -0.161. The number of anilines is 1. The molecule has 40 heavy (non-hydrogen) atoms. The van der Waals surface area contributed by atoms with Gasteiger partial charge in [0, 0.05) is 29.2 Å². The Hall–Kier alpha value is -3.12. The molecule has 2 aromatic carbocycles. The third kappa shape index (κ3) is 9.22. The standard InChI is InChI=1S/C34H42BrN3O2/c1-2-3-4-5-6-7-8-9-10-11-15-18-32(39)40-30-22-19-28(20-23-30)33-34(36-25-27-16-13-12-14-17-27)38-26-29(35)21-24-31(38)37-33/h12-14,16-17,19-24,26,36H,2-11,15,18,25H2,1H3. The van der Waals surface area contributed by atoms with Crippen molar-refractivity contribution in [3.05, 3.63) is 83.0 Å². The molecule has 2 heterocycles. The number of carbonyl (C=O) groups is 1. The zero-order valence-corrected chi connectivity index (χ0v) is 25.3. The number of nitrogens with one attached hydrogen (secondary N) is 1. The van der Waals surface area contributed by atoms with Crippen molar-refractivity contribution in [3.8, 4) is 17.0 Å². The first-order valence-electron chi connectivity index (χ1n) is 14.9. The normalized spacial score (nSPS) is 11.2. The van der Waals surface area contributed by atoms with E-state index in [2.05, 4.69) is 44.7 Å². The molecule has 1 N–H and O–H groups in total. The fraction of sp³-hybridized carbons (Fsp3) is 0.412. The molecule has 0 fully saturated rings. The van der Waals surface area contributed by atoms with Crippen LogP contribution in [0.25, 0.3) is 16.9 Å². The largest absolute Gasteiger partial charge is 0.427 e. The van der Waals surface area contributed by atoms with Gasteiger partial charge in [0.05, 0.1) is 0 Å². The number of carbonyl (C=O) groups excluding carboxylic acids is 1. The van der Waals surface area contributed by atoms with Crippen LogP contribution in [-0.4, -0.2) is 15.4 Å². The Morgan fingerprint density at radius 2 is 1.48 bits per heavy atom. The number of halogens is 1. The van der Waals surface area contributed by atoms with E-state index in [1.54, 1.807) is 0 Å². The van der Waals surface area contributed by atoms with Gasteiger partial charge in [0.1, 0.15) is 22.9 Å². The predicted octanol–water partition coefficient (Wildman–Crippen LogP) is 9.98. The number of rotatable bonds is 17. The number of unbranched alkanes of at least 4 members (excludes halogenated alkanes) is 10. The number of hydrogen-bond donors (Lipinski definition) is 1. The van der Waals surface area contributed by atoms with Crippen LogP contribution in [0.3, 0.4) is 0 Å². The van der Waals surface area contributed by atoms with Crippen LogP contribution >= 0.6 is 15.9 Å². The maximum Gasteiger partial charge on any atom is 0.311 e. The van der Waals surface area contributed by atoms with Crippen molar-refractivity contribution in [2.45, 2.75) is 90.5 Å². The highest BCUT2D eigenvalue weighted by Crippen LogP contribution is 2.31. The van der Waals surface area contributed by atoms with Gasteiger partial charge in [-0.05, 0) is 64.3 Å². The molecule has 0 amide bonds. The predicted molar refractivity (Wildman–Crippen MR) is 169 cm³/mol. The topological polar surface area (TPSA) is 55.6 Å². The molecule has 4 aromatic rings. The fourth-order valence-corrected chi connectivity index (χ4v) is 5.30. The minimum Gasteiger partial charge on any atom is -0.427 e. The van der Waals surface area contributed by atoms with E-state index < -0.39 is 0 Å². The minimum absolute atomic E-state index is 0.161. The first-order chi connectivity index (χ1) is 19.6. The summed E-state index contributed by atoms with van der Waals surface area (Å²) >= 11 is 3.58. The highest BCUT2D eigenvalue weighted by molar-refractivity contribution is 9.10. The Labute approximate surface area is 247 Å². The van der Waals surface area contributed by atoms with Crippen LogP contribution in [0.4, 0.5) is 5.82 Å². The van der Waals surface area contributed by atoms with Crippen molar-refractivity contribution in [1.29, 1.82) is 0 Å². The first kappa shape index (κ1) is 29.9. The van der Waals surface area contributed by atoms with Crippen LogP contribution < -0.4 is 10.1 Å². The van der Waals surface area contributed by atoms with Gasteiger partial charge in [-0.2, -0.15) is 0 Å². The summed E-state index contributed by atoms with van der Waals surface area (Å²) in [6.07, 6.45) is 16.4. The van der Waals surface area contributed by atoms with Gasteiger partial charge < -0.3 is 10.1 Å². The van der Waals surface area contributed by atoms with Crippen LogP contribution in [0.2, 0.25) is 0 Å². The summed E-state index contributed by atoms with van der Waals surface area (Å²) < 4.78 is 8.66. The van der Waals surface area contributed by atoms with Gasteiger partial charge in [-0.25, -0.2) is 4.98 Å². The number of benzene rings is 2. The summed E-state index contributed by atoms with van der Waals surface area (Å²) in [7, 11) is 0. The van der Waals surface area contributed by atoms with Gasteiger partial charge in [-0.1, -0.05) is 101 Å². The molecule has 0 atom stereocenters. The molecular formula is C34H42BrN3O2. The van der Waals surface area contributed by atoms with Crippen LogP contribution in [0.1, 0.15) is 89.5 Å². The summed E-state index contributed by atoms with van der Waals surface area (Å²) in [5.74, 6) is 1.33. The average molecular weight is 605 g/mol. The fourth-order valence-electron chi connectivity index (χ4n) is 4.97. The Bertz CT molecular complexity index is 1320. The lowest BCUT2D eigenvalue weighted by Crippen LogP contribution is -2.07. The molecule has 212 valence electrons. The third-order valence-electron chi connectivity index (χ3n) is 7.23. The van der Waals surface area contributed by atoms with Gasteiger partial charge in [-0.15, -0.1) is 0 Å². The maximum atomic E-state index is 12.4. The number of nitrogens with zero attached hydrogens (tertiary/aromatic N) is 2. The molecule has 5 nitrogen and oxygen atoms in total. The summed E-state index contributed by atoms with van der Waals surface area (Å²) in [4.78, 5) is 17.3. The lowest BCUT2D eigenvalue weighted by Gasteiger charge is -2.10. The molecule has 0 aliphatic rings. The molecule has 0 unspecified atom stereocenters. The van der Waals surface area contributed by atoms with E-state index in [1.165, 1.54) is 63.4 Å². The quantitative estimate of drug-likeness (QED) is 0.0740. The summed E-state index contributed by atoms with van der Waals surface area (Å²) in [6.45, 7) is 2.94. The zero-order valence-electron chi connectivity index (χ0n) is 23.7.